The normalized spacial score (nSPS) is 11.1. The number of halogens is 1. The van der Waals surface area contributed by atoms with Gasteiger partial charge in [-0.15, -0.1) is 0 Å². The van der Waals surface area contributed by atoms with E-state index in [2.05, 4.69) is 20.0 Å². The van der Waals surface area contributed by atoms with E-state index in [4.69, 9.17) is 17.3 Å². The third kappa shape index (κ3) is 2.02. The van der Waals surface area contributed by atoms with E-state index in [0.717, 1.165) is 11.6 Å². The molecular weight excluding hydrogens is 172 g/mol. The molecule has 0 aliphatic carbocycles. The van der Waals surface area contributed by atoms with Crippen LogP contribution in [-0.2, 0) is 6.42 Å². The molecule has 12 heavy (non-hydrogen) atoms. The maximum atomic E-state index is 6.00. The summed E-state index contributed by atoms with van der Waals surface area (Å²) in [5.41, 5.74) is 6.66. The lowest BCUT2D eigenvalue weighted by molar-refractivity contribution is 0.603. The van der Waals surface area contributed by atoms with Crippen LogP contribution in [0.1, 0.15) is 25.5 Å². The minimum atomic E-state index is 0.420. The van der Waals surface area contributed by atoms with Crippen molar-refractivity contribution in [3.8, 4) is 0 Å². The van der Waals surface area contributed by atoms with Gasteiger partial charge in [0.1, 0.15) is 5.15 Å². The average Bonchev–Trinajstić information content (AvgIpc) is 2.32. The van der Waals surface area contributed by atoms with Crippen molar-refractivity contribution in [2.24, 2.45) is 5.73 Å². The van der Waals surface area contributed by atoms with Gasteiger partial charge in [0.2, 0.25) is 0 Å². The van der Waals surface area contributed by atoms with Crippen molar-refractivity contribution in [3.63, 3.8) is 0 Å². The van der Waals surface area contributed by atoms with Gasteiger partial charge in [-0.2, -0.15) is 0 Å². The Morgan fingerprint density at radius 2 is 2.25 bits per heavy atom. The van der Waals surface area contributed by atoms with Gasteiger partial charge in [-0.1, -0.05) is 11.6 Å². The lowest BCUT2D eigenvalue weighted by Crippen LogP contribution is -2.02. The molecule has 0 fully saturated rings. The summed E-state index contributed by atoms with van der Waals surface area (Å²) in [5.74, 6) is 0. The number of rotatable bonds is 3. The molecule has 0 aliphatic heterocycles. The van der Waals surface area contributed by atoms with Crippen LogP contribution >= 0.6 is 11.6 Å². The van der Waals surface area contributed by atoms with Crippen molar-refractivity contribution in [2.75, 3.05) is 6.54 Å². The molecule has 2 nitrogen and oxygen atoms in total. The highest BCUT2D eigenvalue weighted by molar-refractivity contribution is 6.29. The van der Waals surface area contributed by atoms with Crippen molar-refractivity contribution in [2.45, 2.75) is 26.3 Å². The van der Waals surface area contributed by atoms with Crippen LogP contribution in [0.15, 0.2) is 12.3 Å². The fourth-order valence-electron chi connectivity index (χ4n) is 1.20. The van der Waals surface area contributed by atoms with Crippen LogP contribution in [0.3, 0.4) is 0 Å². The van der Waals surface area contributed by atoms with Gasteiger partial charge in [-0.3, -0.25) is 0 Å². The monoisotopic (exact) mass is 186 g/mol. The summed E-state index contributed by atoms with van der Waals surface area (Å²) < 4.78 is 2.05. The lowest BCUT2D eigenvalue weighted by Gasteiger charge is -2.07. The smallest absolute Gasteiger partial charge is 0.109 e. The van der Waals surface area contributed by atoms with Crippen molar-refractivity contribution in [1.29, 1.82) is 0 Å². The van der Waals surface area contributed by atoms with Gasteiger partial charge in [-0.25, -0.2) is 0 Å². The van der Waals surface area contributed by atoms with E-state index in [-0.39, 0.29) is 0 Å². The van der Waals surface area contributed by atoms with E-state index < -0.39 is 0 Å². The zero-order valence-corrected chi connectivity index (χ0v) is 8.30. The van der Waals surface area contributed by atoms with Crippen molar-refractivity contribution in [3.05, 3.63) is 23.0 Å². The number of nitrogens with two attached hydrogens (primary N) is 1. The summed E-state index contributed by atoms with van der Waals surface area (Å²) in [6.45, 7) is 4.90. The largest absolute Gasteiger partial charge is 0.336 e. The summed E-state index contributed by atoms with van der Waals surface area (Å²) in [6, 6.07) is 2.40. The fraction of sp³-hybridized carbons (Fsp3) is 0.556. The lowest BCUT2D eigenvalue weighted by atomic mass is 10.2. The Balaban J connectivity index is 2.85. The number of hydrogen-bond acceptors (Lipinski definition) is 1. The highest BCUT2D eigenvalue weighted by atomic mass is 35.5. The van der Waals surface area contributed by atoms with Crippen molar-refractivity contribution >= 4 is 11.6 Å². The van der Waals surface area contributed by atoms with Gasteiger partial charge in [0.05, 0.1) is 0 Å². The summed E-state index contributed by atoms with van der Waals surface area (Å²) >= 11 is 6.00. The second kappa shape index (κ2) is 3.97. The van der Waals surface area contributed by atoms with Gasteiger partial charge in [-0.05, 0) is 38.4 Å². The third-order valence-corrected chi connectivity index (χ3v) is 2.15. The Kier molecular flexibility index (Phi) is 3.18. The molecule has 1 aromatic rings. The molecule has 0 saturated carbocycles. The molecule has 1 rings (SSSR count). The molecule has 0 aliphatic rings. The zero-order chi connectivity index (χ0) is 9.14. The standard InChI is InChI=1S/C9H15ClN2/c1-7(2)12-6-8(3-4-11)5-9(12)10/h5-7H,3-4,11H2,1-2H3. The molecule has 0 spiro atoms. The van der Waals surface area contributed by atoms with Crippen LogP contribution in [-0.4, -0.2) is 11.1 Å². The van der Waals surface area contributed by atoms with Crippen LogP contribution < -0.4 is 5.73 Å². The molecule has 1 aromatic heterocycles. The van der Waals surface area contributed by atoms with E-state index in [0.29, 0.717) is 12.6 Å². The highest BCUT2D eigenvalue weighted by Gasteiger charge is 2.05. The van der Waals surface area contributed by atoms with Crippen molar-refractivity contribution in [1.82, 2.24) is 4.57 Å². The second-order valence-electron chi connectivity index (χ2n) is 3.21. The minimum absolute atomic E-state index is 0.420. The molecule has 0 radical (unpaired) electrons. The third-order valence-electron chi connectivity index (χ3n) is 1.85. The topological polar surface area (TPSA) is 30.9 Å². The van der Waals surface area contributed by atoms with E-state index in [9.17, 15) is 0 Å². The van der Waals surface area contributed by atoms with E-state index >= 15 is 0 Å². The first-order valence-electron chi connectivity index (χ1n) is 4.21. The van der Waals surface area contributed by atoms with E-state index in [1.807, 2.05) is 10.6 Å². The summed E-state index contributed by atoms with van der Waals surface area (Å²) in [6.07, 6.45) is 2.97. The quantitative estimate of drug-likeness (QED) is 0.771. The molecule has 0 unspecified atom stereocenters. The predicted molar refractivity (Wildman–Crippen MR) is 52.6 cm³/mol. The summed E-state index contributed by atoms with van der Waals surface area (Å²) in [5, 5.41) is 0.799. The predicted octanol–water partition coefficient (Wildman–Crippen LogP) is 2.22. The van der Waals surface area contributed by atoms with Crippen LogP contribution in [0.5, 0.6) is 0 Å². The van der Waals surface area contributed by atoms with Gasteiger partial charge in [0.15, 0.2) is 0 Å². The molecule has 0 bridgehead atoms. The molecule has 2 N–H and O–H groups in total. The first-order valence-corrected chi connectivity index (χ1v) is 4.59. The van der Waals surface area contributed by atoms with E-state index in [1.165, 1.54) is 5.56 Å². The number of aromatic nitrogens is 1. The number of hydrogen-bond donors (Lipinski definition) is 1. The van der Waals surface area contributed by atoms with Crippen LogP contribution in [0.25, 0.3) is 0 Å². The van der Waals surface area contributed by atoms with Gasteiger partial charge >= 0.3 is 0 Å². The van der Waals surface area contributed by atoms with Crippen LogP contribution in [0, 0.1) is 0 Å². The first kappa shape index (κ1) is 9.62. The van der Waals surface area contributed by atoms with Crippen LogP contribution in [0.4, 0.5) is 0 Å². The molecule has 68 valence electrons. The molecule has 1 heterocycles. The van der Waals surface area contributed by atoms with Gasteiger partial charge in [0.25, 0.3) is 0 Å². The Labute approximate surface area is 78.3 Å². The minimum Gasteiger partial charge on any atom is -0.336 e. The van der Waals surface area contributed by atoms with Gasteiger partial charge in [0, 0.05) is 12.2 Å². The molecule has 3 heteroatoms. The second-order valence-corrected chi connectivity index (χ2v) is 3.60. The first-order chi connectivity index (χ1) is 5.65. The Morgan fingerprint density at radius 3 is 2.67 bits per heavy atom. The molecule has 0 amide bonds. The Hall–Kier alpha value is -0.470. The maximum Gasteiger partial charge on any atom is 0.109 e. The molecule has 0 aromatic carbocycles. The zero-order valence-electron chi connectivity index (χ0n) is 7.55. The van der Waals surface area contributed by atoms with Gasteiger partial charge < -0.3 is 10.3 Å². The Bertz CT molecular complexity index is 253. The van der Waals surface area contributed by atoms with Crippen molar-refractivity contribution < 1.29 is 0 Å². The van der Waals surface area contributed by atoms with Crippen LogP contribution in [0.2, 0.25) is 5.15 Å². The fourth-order valence-corrected chi connectivity index (χ4v) is 1.59. The maximum absolute atomic E-state index is 6.00. The summed E-state index contributed by atoms with van der Waals surface area (Å²) in [7, 11) is 0. The Morgan fingerprint density at radius 1 is 1.58 bits per heavy atom. The molecule has 0 atom stereocenters. The molecular formula is C9H15ClN2. The SMILES string of the molecule is CC(C)n1cc(CCN)cc1Cl. The van der Waals surface area contributed by atoms with E-state index in [1.54, 1.807) is 0 Å². The number of nitrogens with zero attached hydrogens (tertiary/aromatic N) is 1. The average molecular weight is 187 g/mol. The highest BCUT2D eigenvalue weighted by Crippen LogP contribution is 2.19. The summed E-state index contributed by atoms with van der Waals surface area (Å²) in [4.78, 5) is 0. The molecule has 0 saturated heterocycles.